The molecular weight excluding hydrogens is 397 g/mol. The smallest absolute Gasteiger partial charge is 0.258 e. The normalized spacial score (nSPS) is 15.5. The van der Waals surface area contributed by atoms with Gasteiger partial charge in [0.05, 0.1) is 28.4 Å². The van der Waals surface area contributed by atoms with E-state index in [4.69, 9.17) is 27.9 Å². The molecule has 142 valence electrons. The molecule has 1 aliphatic heterocycles. The third-order valence-electron chi connectivity index (χ3n) is 4.64. The van der Waals surface area contributed by atoms with E-state index in [0.29, 0.717) is 27.8 Å². The minimum atomic E-state index is -0.414. The van der Waals surface area contributed by atoms with Gasteiger partial charge in [-0.05, 0) is 48.0 Å². The van der Waals surface area contributed by atoms with Crippen LogP contribution in [0.3, 0.4) is 0 Å². The molecule has 0 unspecified atom stereocenters. The predicted octanol–water partition coefficient (Wildman–Crippen LogP) is 5.16. The summed E-state index contributed by atoms with van der Waals surface area (Å²) in [5.74, 6) is 0.698. The number of benzene rings is 2. The van der Waals surface area contributed by atoms with E-state index in [2.05, 4.69) is 10.3 Å². The molecule has 1 aliphatic rings. The van der Waals surface area contributed by atoms with E-state index >= 15 is 0 Å². The Kier molecular flexibility index (Phi) is 5.11. The van der Waals surface area contributed by atoms with Crippen LogP contribution in [0.4, 0.5) is 5.69 Å². The number of hydrogen-bond donors (Lipinski definition) is 1. The van der Waals surface area contributed by atoms with Crippen LogP contribution in [0.2, 0.25) is 10.0 Å². The summed E-state index contributed by atoms with van der Waals surface area (Å²) in [5, 5.41) is 4.28. The molecule has 2 heterocycles. The summed E-state index contributed by atoms with van der Waals surface area (Å²) in [5.41, 5.74) is 3.02. The summed E-state index contributed by atoms with van der Waals surface area (Å²) in [6.45, 7) is 0.429. The molecule has 2 aromatic carbocycles. The highest BCUT2D eigenvalue weighted by atomic mass is 35.5. The monoisotopic (exact) mass is 413 g/mol. The third-order valence-corrected chi connectivity index (χ3v) is 5.37. The summed E-state index contributed by atoms with van der Waals surface area (Å²) < 4.78 is 5.21. The molecule has 3 aromatic rings. The predicted molar refractivity (Wildman–Crippen MR) is 110 cm³/mol. The highest BCUT2D eigenvalue weighted by Gasteiger charge is 2.37. The molecule has 4 rings (SSSR count). The van der Waals surface area contributed by atoms with E-state index in [-0.39, 0.29) is 5.91 Å². The number of amides is 1. The number of pyridine rings is 1. The zero-order valence-electron chi connectivity index (χ0n) is 15.0. The van der Waals surface area contributed by atoms with Crippen LogP contribution in [0.25, 0.3) is 0 Å². The maximum absolute atomic E-state index is 13.0. The standard InChI is InChI=1S/C21H17Cl2N3O2/c1-28-15-7-4-13(5-8-15)12-26-20(19-16(21(26)27)3-2-10-24-19)25-14-6-9-17(22)18(23)11-14/h2-11,20,25H,12H2,1H3/t20-/m0/s1. The third kappa shape index (κ3) is 3.51. The summed E-state index contributed by atoms with van der Waals surface area (Å²) in [7, 11) is 1.62. The van der Waals surface area contributed by atoms with Gasteiger partial charge >= 0.3 is 0 Å². The molecule has 0 radical (unpaired) electrons. The summed E-state index contributed by atoms with van der Waals surface area (Å²) in [6, 6.07) is 16.5. The van der Waals surface area contributed by atoms with Crippen LogP contribution in [0.5, 0.6) is 5.75 Å². The van der Waals surface area contributed by atoms with Crippen molar-refractivity contribution < 1.29 is 9.53 Å². The average molecular weight is 414 g/mol. The minimum absolute atomic E-state index is 0.0727. The molecule has 28 heavy (non-hydrogen) atoms. The van der Waals surface area contributed by atoms with Gasteiger partial charge in [0.15, 0.2) is 0 Å². The lowest BCUT2D eigenvalue weighted by atomic mass is 10.2. The number of aromatic nitrogens is 1. The molecule has 1 amide bonds. The Morgan fingerprint density at radius 1 is 1.11 bits per heavy atom. The molecule has 0 bridgehead atoms. The number of carbonyl (C=O) groups is 1. The molecule has 1 N–H and O–H groups in total. The van der Waals surface area contributed by atoms with Crippen molar-refractivity contribution in [1.29, 1.82) is 0 Å². The van der Waals surface area contributed by atoms with Crippen LogP contribution in [0, 0.1) is 0 Å². The zero-order valence-corrected chi connectivity index (χ0v) is 16.5. The number of carbonyl (C=O) groups excluding carboxylic acids is 1. The maximum atomic E-state index is 13.0. The zero-order chi connectivity index (χ0) is 19.7. The van der Waals surface area contributed by atoms with Crippen molar-refractivity contribution in [1.82, 2.24) is 9.88 Å². The topological polar surface area (TPSA) is 54.5 Å². The van der Waals surface area contributed by atoms with E-state index < -0.39 is 6.17 Å². The van der Waals surface area contributed by atoms with Gasteiger partial charge in [-0.25, -0.2) is 0 Å². The SMILES string of the molecule is COc1ccc(CN2C(=O)c3cccnc3[C@H]2Nc2ccc(Cl)c(Cl)c2)cc1. The van der Waals surface area contributed by atoms with Gasteiger partial charge in [-0.1, -0.05) is 35.3 Å². The van der Waals surface area contributed by atoms with Gasteiger partial charge in [0, 0.05) is 18.4 Å². The molecule has 7 heteroatoms. The van der Waals surface area contributed by atoms with E-state index in [1.807, 2.05) is 30.3 Å². The second-order valence-electron chi connectivity index (χ2n) is 6.39. The van der Waals surface area contributed by atoms with Gasteiger partial charge in [0.25, 0.3) is 5.91 Å². The number of halogens is 2. The number of fused-ring (bicyclic) bond motifs is 1. The van der Waals surface area contributed by atoms with Crippen molar-refractivity contribution in [3.63, 3.8) is 0 Å². The fraction of sp³-hybridized carbons (Fsp3) is 0.143. The lowest BCUT2D eigenvalue weighted by Crippen LogP contribution is -2.32. The van der Waals surface area contributed by atoms with Crippen LogP contribution >= 0.6 is 23.2 Å². The first-order chi connectivity index (χ1) is 13.6. The molecule has 0 saturated carbocycles. The molecule has 0 fully saturated rings. The largest absolute Gasteiger partial charge is 0.497 e. The fourth-order valence-corrected chi connectivity index (χ4v) is 3.51. The van der Waals surface area contributed by atoms with E-state index in [0.717, 1.165) is 17.0 Å². The number of nitrogens with one attached hydrogen (secondary N) is 1. The maximum Gasteiger partial charge on any atom is 0.258 e. The van der Waals surface area contributed by atoms with Crippen LogP contribution in [0.1, 0.15) is 27.8 Å². The quantitative estimate of drug-likeness (QED) is 0.627. The van der Waals surface area contributed by atoms with Crippen molar-refractivity contribution in [3.8, 4) is 5.75 Å². The Morgan fingerprint density at radius 3 is 2.61 bits per heavy atom. The Morgan fingerprint density at radius 2 is 1.89 bits per heavy atom. The average Bonchev–Trinajstić information content (AvgIpc) is 2.97. The molecule has 0 aliphatic carbocycles. The summed E-state index contributed by atoms with van der Waals surface area (Å²) in [4.78, 5) is 19.2. The van der Waals surface area contributed by atoms with Crippen molar-refractivity contribution in [2.45, 2.75) is 12.7 Å². The second kappa shape index (κ2) is 7.70. The lowest BCUT2D eigenvalue weighted by Gasteiger charge is -2.26. The first-order valence-electron chi connectivity index (χ1n) is 8.67. The van der Waals surface area contributed by atoms with Crippen molar-refractivity contribution in [3.05, 3.63) is 87.7 Å². The van der Waals surface area contributed by atoms with Gasteiger partial charge in [-0.3, -0.25) is 9.78 Å². The number of nitrogens with zero attached hydrogens (tertiary/aromatic N) is 2. The Balaban J connectivity index is 1.66. The van der Waals surface area contributed by atoms with Gasteiger partial charge < -0.3 is 15.0 Å². The highest BCUT2D eigenvalue weighted by Crippen LogP contribution is 2.35. The Bertz CT molecular complexity index is 1020. The summed E-state index contributed by atoms with van der Waals surface area (Å²) >= 11 is 12.2. The van der Waals surface area contributed by atoms with Crippen molar-refractivity contribution in [2.24, 2.45) is 0 Å². The molecule has 1 atom stereocenters. The second-order valence-corrected chi connectivity index (χ2v) is 7.21. The van der Waals surface area contributed by atoms with E-state index in [1.54, 1.807) is 42.5 Å². The van der Waals surface area contributed by atoms with Gasteiger partial charge in [-0.15, -0.1) is 0 Å². The first-order valence-corrected chi connectivity index (χ1v) is 9.43. The summed E-state index contributed by atoms with van der Waals surface area (Å²) in [6.07, 6.45) is 1.27. The molecule has 0 spiro atoms. The van der Waals surface area contributed by atoms with Crippen molar-refractivity contribution >= 4 is 34.8 Å². The molecule has 1 aromatic heterocycles. The van der Waals surface area contributed by atoms with Gasteiger partial charge in [0.1, 0.15) is 11.9 Å². The van der Waals surface area contributed by atoms with E-state index in [9.17, 15) is 4.79 Å². The van der Waals surface area contributed by atoms with E-state index in [1.165, 1.54) is 0 Å². The number of anilines is 1. The van der Waals surface area contributed by atoms with Crippen LogP contribution in [-0.2, 0) is 6.54 Å². The fourth-order valence-electron chi connectivity index (χ4n) is 3.22. The van der Waals surface area contributed by atoms with Gasteiger partial charge in [0.2, 0.25) is 0 Å². The van der Waals surface area contributed by atoms with Crippen LogP contribution < -0.4 is 10.1 Å². The van der Waals surface area contributed by atoms with Crippen LogP contribution in [-0.4, -0.2) is 22.9 Å². The number of methoxy groups -OCH3 is 1. The van der Waals surface area contributed by atoms with Crippen LogP contribution in [0.15, 0.2) is 60.8 Å². The minimum Gasteiger partial charge on any atom is -0.497 e. The Labute approximate surface area is 172 Å². The van der Waals surface area contributed by atoms with Gasteiger partial charge in [-0.2, -0.15) is 0 Å². The molecular formula is C21H17Cl2N3O2. The number of rotatable bonds is 5. The van der Waals surface area contributed by atoms with Crippen molar-refractivity contribution in [2.75, 3.05) is 12.4 Å². The number of ether oxygens (including phenoxy) is 1. The Hall–Kier alpha value is -2.76. The highest BCUT2D eigenvalue weighted by molar-refractivity contribution is 6.42. The molecule has 5 nitrogen and oxygen atoms in total. The number of hydrogen-bond acceptors (Lipinski definition) is 4. The lowest BCUT2D eigenvalue weighted by molar-refractivity contribution is 0.0728. The molecule has 0 saturated heterocycles. The first kappa shape index (κ1) is 18.6.